The summed E-state index contributed by atoms with van der Waals surface area (Å²) < 4.78 is 1.90. The molecule has 0 radical (unpaired) electrons. The van der Waals surface area contributed by atoms with Crippen LogP contribution in [0.3, 0.4) is 0 Å². The zero-order valence-electron chi connectivity index (χ0n) is 12.3. The molecular weight excluding hydrogens is 256 g/mol. The van der Waals surface area contributed by atoms with Gasteiger partial charge in [0.1, 0.15) is 5.01 Å². The molecule has 5 heteroatoms. The minimum absolute atomic E-state index is 0.0293. The normalized spacial score (nSPS) is 13.7. The van der Waals surface area contributed by atoms with E-state index in [1.165, 1.54) is 5.56 Å². The molecule has 0 saturated heterocycles. The van der Waals surface area contributed by atoms with Gasteiger partial charge in [0.25, 0.3) is 0 Å². The fraction of sp³-hybridized carbons (Fsp3) is 0.571. The van der Waals surface area contributed by atoms with E-state index in [-0.39, 0.29) is 11.5 Å². The smallest absolute Gasteiger partial charge is 0.114 e. The number of nitrogens with zero attached hydrogens (tertiary/aromatic N) is 3. The van der Waals surface area contributed by atoms with Crippen LogP contribution >= 0.6 is 11.3 Å². The lowest BCUT2D eigenvalue weighted by molar-refractivity contribution is 0.534. The van der Waals surface area contributed by atoms with E-state index >= 15 is 0 Å². The highest BCUT2D eigenvalue weighted by atomic mass is 32.1. The van der Waals surface area contributed by atoms with Crippen LogP contribution in [-0.2, 0) is 12.5 Å². The van der Waals surface area contributed by atoms with E-state index in [1.807, 2.05) is 23.3 Å². The SMILES string of the molecule is CCNC(c1nccs1)c1cn(C)nc1C(C)(C)C. The molecule has 0 aromatic carbocycles. The van der Waals surface area contributed by atoms with E-state index in [4.69, 9.17) is 0 Å². The Bertz CT molecular complexity index is 522. The first kappa shape index (κ1) is 14.2. The average Bonchev–Trinajstić information content (AvgIpc) is 2.93. The summed E-state index contributed by atoms with van der Waals surface area (Å²) in [5, 5.41) is 11.3. The summed E-state index contributed by atoms with van der Waals surface area (Å²) in [6.45, 7) is 9.62. The molecule has 4 nitrogen and oxygen atoms in total. The number of rotatable bonds is 4. The Hall–Kier alpha value is -1.20. The van der Waals surface area contributed by atoms with Crippen molar-refractivity contribution in [3.63, 3.8) is 0 Å². The van der Waals surface area contributed by atoms with Crippen molar-refractivity contribution < 1.29 is 0 Å². The highest BCUT2D eigenvalue weighted by Crippen LogP contribution is 2.32. The van der Waals surface area contributed by atoms with E-state index < -0.39 is 0 Å². The van der Waals surface area contributed by atoms with Crippen LogP contribution in [0.1, 0.15) is 50.0 Å². The molecule has 0 amide bonds. The van der Waals surface area contributed by atoms with Crippen molar-refractivity contribution in [2.45, 2.75) is 39.2 Å². The Morgan fingerprint density at radius 2 is 2.16 bits per heavy atom. The van der Waals surface area contributed by atoms with Crippen LogP contribution in [-0.4, -0.2) is 21.3 Å². The number of aryl methyl sites for hydroxylation is 1. The Labute approximate surface area is 118 Å². The molecule has 2 heterocycles. The van der Waals surface area contributed by atoms with E-state index in [0.717, 1.165) is 17.2 Å². The maximum Gasteiger partial charge on any atom is 0.114 e. The maximum absolute atomic E-state index is 4.65. The largest absolute Gasteiger partial charge is 0.304 e. The fourth-order valence-corrected chi connectivity index (χ4v) is 2.94. The Balaban J connectivity index is 2.48. The van der Waals surface area contributed by atoms with Crippen LogP contribution in [0.4, 0.5) is 0 Å². The third-order valence-corrected chi connectivity index (χ3v) is 3.83. The topological polar surface area (TPSA) is 42.7 Å². The van der Waals surface area contributed by atoms with Crippen molar-refractivity contribution in [1.29, 1.82) is 0 Å². The quantitative estimate of drug-likeness (QED) is 0.935. The van der Waals surface area contributed by atoms with Crippen LogP contribution in [0.25, 0.3) is 0 Å². The molecule has 0 saturated carbocycles. The zero-order chi connectivity index (χ0) is 14.0. The third-order valence-electron chi connectivity index (χ3n) is 2.99. The van der Waals surface area contributed by atoms with Crippen molar-refractivity contribution in [2.24, 2.45) is 7.05 Å². The van der Waals surface area contributed by atoms with Gasteiger partial charge < -0.3 is 5.32 Å². The van der Waals surface area contributed by atoms with Gasteiger partial charge in [0.15, 0.2) is 0 Å². The summed E-state index contributed by atoms with van der Waals surface area (Å²) >= 11 is 1.68. The van der Waals surface area contributed by atoms with E-state index in [1.54, 1.807) is 11.3 Å². The van der Waals surface area contributed by atoms with Gasteiger partial charge in [-0.25, -0.2) is 4.98 Å². The van der Waals surface area contributed by atoms with Crippen LogP contribution in [0.2, 0.25) is 0 Å². The molecule has 2 rings (SSSR count). The number of aromatic nitrogens is 3. The highest BCUT2D eigenvalue weighted by Gasteiger charge is 2.28. The number of thiazole rings is 1. The fourth-order valence-electron chi connectivity index (χ4n) is 2.21. The summed E-state index contributed by atoms with van der Waals surface area (Å²) in [6, 6.07) is 0.132. The van der Waals surface area contributed by atoms with Gasteiger partial charge >= 0.3 is 0 Å². The van der Waals surface area contributed by atoms with Gasteiger partial charge in [0.2, 0.25) is 0 Å². The van der Waals surface area contributed by atoms with Gasteiger partial charge in [-0.3, -0.25) is 4.68 Å². The summed E-state index contributed by atoms with van der Waals surface area (Å²) in [5.74, 6) is 0. The standard InChI is InChI=1S/C14H22N4S/c1-6-15-11(13-16-7-8-19-13)10-9-18(5)17-12(10)14(2,3)4/h7-9,11,15H,6H2,1-5H3. The number of hydrogen-bond acceptors (Lipinski definition) is 4. The summed E-state index contributed by atoms with van der Waals surface area (Å²) in [7, 11) is 1.98. The van der Waals surface area contributed by atoms with Gasteiger partial charge in [-0.15, -0.1) is 11.3 Å². The molecule has 1 atom stereocenters. The molecule has 1 N–H and O–H groups in total. The minimum atomic E-state index is 0.0293. The van der Waals surface area contributed by atoms with E-state index in [0.29, 0.717) is 0 Å². The molecule has 19 heavy (non-hydrogen) atoms. The first-order valence-corrected chi connectivity index (χ1v) is 7.48. The second-order valence-corrected chi connectivity index (χ2v) is 6.64. The third kappa shape index (κ3) is 3.04. The Morgan fingerprint density at radius 3 is 2.68 bits per heavy atom. The van der Waals surface area contributed by atoms with Gasteiger partial charge in [-0.1, -0.05) is 27.7 Å². The van der Waals surface area contributed by atoms with E-state index in [2.05, 4.69) is 49.3 Å². The lowest BCUT2D eigenvalue weighted by atomic mass is 9.87. The molecule has 0 aliphatic carbocycles. The number of nitrogens with one attached hydrogen (secondary N) is 1. The Kier molecular flexibility index (Phi) is 4.06. The Morgan fingerprint density at radius 1 is 1.42 bits per heavy atom. The molecule has 104 valence electrons. The highest BCUT2D eigenvalue weighted by molar-refractivity contribution is 7.09. The van der Waals surface area contributed by atoms with Crippen molar-refractivity contribution in [1.82, 2.24) is 20.1 Å². The van der Waals surface area contributed by atoms with Crippen LogP contribution in [0.15, 0.2) is 17.8 Å². The molecule has 2 aromatic rings. The van der Waals surface area contributed by atoms with Crippen LogP contribution in [0, 0.1) is 0 Å². The molecule has 0 spiro atoms. The van der Waals surface area contributed by atoms with Crippen LogP contribution < -0.4 is 5.32 Å². The summed E-state index contributed by atoms with van der Waals surface area (Å²) in [6.07, 6.45) is 3.97. The van der Waals surface area contributed by atoms with Gasteiger partial charge in [-0.2, -0.15) is 5.10 Å². The molecular formula is C14H22N4S. The zero-order valence-corrected chi connectivity index (χ0v) is 13.1. The average molecular weight is 278 g/mol. The maximum atomic E-state index is 4.65. The van der Waals surface area contributed by atoms with Crippen molar-refractivity contribution >= 4 is 11.3 Å². The predicted molar refractivity (Wildman–Crippen MR) is 79.5 cm³/mol. The molecule has 0 fully saturated rings. The molecule has 1 unspecified atom stereocenters. The first-order chi connectivity index (χ1) is 8.93. The van der Waals surface area contributed by atoms with Gasteiger partial charge in [0, 0.05) is 35.8 Å². The van der Waals surface area contributed by atoms with Gasteiger partial charge in [-0.05, 0) is 6.54 Å². The molecule has 2 aromatic heterocycles. The number of hydrogen-bond donors (Lipinski definition) is 1. The monoisotopic (exact) mass is 278 g/mol. The van der Waals surface area contributed by atoms with Crippen molar-refractivity contribution in [3.05, 3.63) is 34.0 Å². The lowest BCUT2D eigenvalue weighted by Gasteiger charge is -2.22. The molecule has 0 aliphatic heterocycles. The van der Waals surface area contributed by atoms with Crippen LogP contribution in [0.5, 0.6) is 0 Å². The summed E-state index contributed by atoms with van der Waals surface area (Å²) in [4.78, 5) is 4.46. The molecule has 0 aliphatic rings. The lowest BCUT2D eigenvalue weighted by Crippen LogP contribution is -2.25. The van der Waals surface area contributed by atoms with Crippen molar-refractivity contribution in [3.8, 4) is 0 Å². The molecule has 0 bridgehead atoms. The minimum Gasteiger partial charge on any atom is -0.304 e. The van der Waals surface area contributed by atoms with Gasteiger partial charge in [0.05, 0.1) is 11.7 Å². The van der Waals surface area contributed by atoms with E-state index in [9.17, 15) is 0 Å². The predicted octanol–water partition coefficient (Wildman–Crippen LogP) is 2.87. The summed E-state index contributed by atoms with van der Waals surface area (Å²) in [5.41, 5.74) is 2.39. The second kappa shape index (κ2) is 5.43. The van der Waals surface area contributed by atoms with Crippen molar-refractivity contribution in [2.75, 3.05) is 6.54 Å². The first-order valence-electron chi connectivity index (χ1n) is 6.60. The second-order valence-electron chi connectivity index (χ2n) is 5.72.